The molecule has 1 aromatic heterocycles. The predicted molar refractivity (Wildman–Crippen MR) is 102 cm³/mol. The Kier molecular flexibility index (Phi) is 5.37. The van der Waals surface area contributed by atoms with Crippen molar-refractivity contribution in [3.63, 3.8) is 0 Å². The highest BCUT2D eigenvalue weighted by molar-refractivity contribution is 6.06. The SMILES string of the molecule is CCOc1cc(CNC(=O)c2cc(C)nc3ccccc23)ccc1OC. The van der Waals surface area contributed by atoms with Crippen LogP contribution in [-0.2, 0) is 6.54 Å². The molecule has 0 saturated heterocycles. The minimum absolute atomic E-state index is 0.125. The van der Waals surface area contributed by atoms with E-state index in [1.807, 2.05) is 62.4 Å². The number of nitrogens with one attached hydrogen (secondary N) is 1. The van der Waals surface area contributed by atoms with E-state index in [-0.39, 0.29) is 5.91 Å². The first kappa shape index (κ1) is 17.7. The van der Waals surface area contributed by atoms with Crippen molar-refractivity contribution in [2.24, 2.45) is 0 Å². The topological polar surface area (TPSA) is 60.5 Å². The molecule has 0 bridgehead atoms. The van der Waals surface area contributed by atoms with Gasteiger partial charge in [0.1, 0.15) is 0 Å². The molecule has 0 aliphatic rings. The quantitative estimate of drug-likeness (QED) is 0.733. The first-order valence-corrected chi connectivity index (χ1v) is 8.56. The summed E-state index contributed by atoms with van der Waals surface area (Å²) >= 11 is 0. The standard InChI is InChI=1S/C21H22N2O3/c1-4-26-20-12-15(9-10-19(20)25-3)13-22-21(24)17-11-14(2)23-18-8-6-5-7-16(17)18/h5-12H,4,13H2,1-3H3,(H,22,24). The molecule has 0 unspecified atom stereocenters. The van der Waals surface area contributed by atoms with Gasteiger partial charge in [0.25, 0.3) is 5.91 Å². The summed E-state index contributed by atoms with van der Waals surface area (Å²) < 4.78 is 10.9. The number of amides is 1. The van der Waals surface area contributed by atoms with E-state index in [9.17, 15) is 4.79 Å². The number of ether oxygens (including phenoxy) is 2. The largest absolute Gasteiger partial charge is 0.493 e. The zero-order chi connectivity index (χ0) is 18.5. The Morgan fingerprint density at radius 2 is 1.92 bits per heavy atom. The lowest BCUT2D eigenvalue weighted by molar-refractivity contribution is 0.0952. The molecule has 1 amide bonds. The van der Waals surface area contributed by atoms with Gasteiger partial charge in [0.05, 0.1) is 24.8 Å². The number of carbonyl (C=O) groups excluding carboxylic acids is 1. The summed E-state index contributed by atoms with van der Waals surface area (Å²) in [6.07, 6.45) is 0. The van der Waals surface area contributed by atoms with Crippen LogP contribution in [0.2, 0.25) is 0 Å². The molecule has 5 nitrogen and oxygen atoms in total. The van der Waals surface area contributed by atoms with E-state index in [4.69, 9.17) is 9.47 Å². The molecule has 2 aromatic carbocycles. The fraction of sp³-hybridized carbons (Fsp3) is 0.238. The van der Waals surface area contributed by atoms with Crippen molar-refractivity contribution in [1.29, 1.82) is 0 Å². The molecule has 0 aliphatic heterocycles. The van der Waals surface area contributed by atoms with Gasteiger partial charge in [-0.1, -0.05) is 24.3 Å². The van der Waals surface area contributed by atoms with Gasteiger partial charge < -0.3 is 14.8 Å². The molecule has 0 radical (unpaired) electrons. The number of hydrogen-bond donors (Lipinski definition) is 1. The molecular formula is C21H22N2O3. The maximum absolute atomic E-state index is 12.7. The summed E-state index contributed by atoms with van der Waals surface area (Å²) in [5.74, 6) is 1.23. The van der Waals surface area contributed by atoms with Crippen LogP contribution in [0.3, 0.4) is 0 Å². The fourth-order valence-corrected chi connectivity index (χ4v) is 2.87. The number of rotatable bonds is 6. The molecule has 1 N–H and O–H groups in total. The molecule has 0 spiro atoms. The third-order valence-electron chi connectivity index (χ3n) is 4.07. The van der Waals surface area contributed by atoms with E-state index >= 15 is 0 Å². The summed E-state index contributed by atoms with van der Waals surface area (Å²) in [6, 6.07) is 15.1. The highest BCUT2D eigenvalue weighted by Gasteiger charge is 2.12. The summed E-state index contributed by atoms with van der Waals surface area (Å²) in [6.45, 7) is 4.76. The lowest BCUT2D eigenvalue weighted by atomic mass is 10.1. The highest BCUT2D eigenvalue weighted by atomic mass is 16.5. The van der Waals surface area contributed by atoms with Crippen LogP contribution in [0.1, 0.15) is 28.5 Å². The van der Waals surface area contributed by atoms with E-state index in [0.29, 0.717) is 30.2 Å². The van der Waals surface area contributed by atoms with E-state index in [1.165, 1.54) is 0 Å². The number of benzene rings is 2. The van der Waals surface area contributed by atoms with E-state index < -0.39 is 0 Å². The van der Waals surface area contributed by atoms with Crippen molar-refractivity contribution in [1.82, 2.24) is 10.3 Å². The van der Waals surface area contributed by atoms with E-state index in [1.54, 1.807) is 7.11 Å². The Morgan fingerprint density at radius 3 is 2.69 bits per heavy atom. The monoisotopic (exact) mass is 350 g/mol. The number of nitrogens with zero attached hydrogens (tertiary/aromatic N) is 1. The number of methoxy groups -OCH3 is 1. The van der Waals surface area contributed by atoms with Gasteiger partial charge in [0.2, 0.25) is 0 Å². The second-order valence-electron chi connectivity index (χ2n) is 5.93. The molecule has 26 heavy (non-hydrogen) atoms. The maximum Gasteiger partial charge on any atom is 0.252 e. The first-order chi connectivity index (χ1) is 12.6. The van der Waals surface area contributed by atoms with Crippen LogP contribution in [0.15, 0.2) is 48.5 Å². The second-order valence-corrected chi connectivity index (χ2v) is 5.93. The zero-order valence-corrected chi connectivity index (χ0v) is 15.2. The number of para-hydroxylation sites is 1. The van der Waals surface area contributed by atoms with E-state index in [2.05, 4.69) is 10.3 Å². The lowest BCUT2D eigenvalue weighted by Crippen LogP contribution is -2.23. The van der Waals surface area contributed by atoms with Crippen LogP contribution >= 0.6 is 0 Å². The third kappa shape index (κ3) is 3.77. The molecule has 0 saturated carbocycles. The average Bonchev–Trinajstić information content (AvgIpc) is 2.65. The lowest BCUT2D eigenvalue weighted by Gasteiger charge is -2.12. The van der Waals surface area contributed by atoms with Crippen LogP contribution in [0, 0.1) is 6.92 Å². The third-order valence-corrected chi connectivity index (χ3v) is 4.07. The van der Waals surface area contributed by atoms with Crippen LogP contribution in [-0.4, -0.2) is 24.6 Å². The number of aryl methyl sites for hydroxylation is 1. The molecule has 3 rings (SSSR count). The van der Waals surface area contributed by atoms with Crippen molar-refractivity contribution in [2.75, 3.05) is 13.7 Å². The van der Waals surface area contributed by atoms with Crippen LogP contribution < -0.4 is 14.8 Å². The molecule has 5 heteroatoms. The van der Waals surface area contributed by atoms with Crippen molar-refractivity contribution in [3.05, 3.63) is 65.4 Å². The smallest absolute Gasteiger partial charge is 0.252 e. The number of carbonyl (C=O) groups is 1. The normalized spacial score (nSPS) is 10.6. The highest BCUT2D eigenvalue weighted by Crippen LogP contribution is 2.28. The van der Waals surface area contributed by atoms with Gasteiger partial charge in [0.15, 0.2) is 11.5 Å². The first-order valence-electron chi connectivity index (χ1n) is 8.56. The van der Waals surface area contributed by atoms with Gasteiger partial charge >= 0.3 is 0 Å². The minimum atomic E-state index is -0.125. The van der Waals surface area contributed by atoms with Crippen LogP contribution in [0.25, 0.3) is 10.9 Å². The van der Waals surface area contributed by atoms with Crippen molar-refractivity contribution in [3.8, 4) is 11.5 Å². The van der Waals surface area contributed by atoms with Gasteiger partial charge in [-0.25, -0.2) is 0 Å². The summed E-state index contributed by atoms with van der Waals surface area (Å²) in [5, 5.41) is 3.83. The molecule has 0 atom stereocenters. The van der Waals surface area contributed by atoms with Gasteiger partial charge in [0, 0.05) is 17.6 Å². The van der Waals surface area contributed by atoms with Gasteiger partial charge in [-0.05, 0) is 43.7 Å². The number of hydrogen-bond acceptors (Lipinski definition) is 4. The van der Waals surface area contributed by atoms with Gasteiger partial charge in [-0.15, -0.1) is 0 Å². The summed E-state index contributed by atoms with van der Waals surface area (Å²) in [7, 11) is 1.61. The summed E-state index contributed by atoms with van der Waals surface area (Å²) in [4.78, 5) is 17.2. The van der Waals surface area contributed by atoms with E-state index in [0.717, 1.165) is 22.2 Å². The van der Waals surface area contributed by atoms with Gasteiger partial charge in [-0.2, -0.15) is 0 Å². The number of fused-ring (bicyclic) bond motifs is 1. The molecule has 1 heterocycles. The molecule has 0 fully saturated rings. The Labute approximate surface area is 153 Å². The zero-order valence-electron chi connectivity index (χ0n) is 15.2. The summed E-state index contributed by atoms with van der Waals surface area (Å²) in [5.41, 5.74) is 3.21. The Bertz CT molecular complexity index is 938. The van der Waals surface area contributed by atoms with Crippen LogP contribution in [0.5, 0.6) is 11.5 Å². The Morgan fingerprint density at radius 1 is 1.12 bits per heavy atom. The Hall–Kier alpha value is -3.08. The fourth-order valence-electron chi connectivity index (χ4n) is 2.87. The Balaban J connectivity index is 1.80. The molecular weight excluding hydrogens is 328 g/mol. The van der Waals surface area contributed by atoms with Crippen LogP contribution in [0.4, 0.5) is 0 Å². The maximum atomic E-state index is 12.7. The average molecular weight is 350 g/mol. The molecule has 0 aliphatic carbocycles. The second kappa shape index (κ2) is 7.87. The van der Waals surface area contributed by atoms with Crippen molar-refractivity contribution >= 4 is 16.8 Å². The number of pyridine rings is 1. The predicted octanol–water partition coefficient (Wildman–Crippen LogP) is 3.88. The molecule has 3 aromatic rings. The van der Waals surface area contributed by atoms with Gasteiger partial charge in [-0.3, -0.25) is 9.78 Å². The molecule has 134 valence electrons. The number of aromatic nitrogens is 1. The minimum Gasteiger partial charge on any atom is -0.493 e. The van der Waals surface area contributed by atoms with Crippen molar-refractivity contribution < 1.29 is 14.3 Å². The van der Waals surface area contributed by atoms with Crippen molar-refractivity contribution in [2.45, 2.75) is 20.4 Å².